The zero-order valence-corrected chi connectivity index (χ0v) is 9.80. The number of rotatable bonds is 7. The van der Waals surface area contributed by atoms with E-state index in [1.165, 1.54) is 0 Å². The number of aliphatic hydroxyl groups excluding tert-OH is 1. The molecule has 0 bridgehead atoms. The molecule has 1 rings (SSSR count). The Kier molecular flexibility index (Phi) is 5.99. The summed E-state index contributed by atoms with van der Waals surface area (Å²) < 4.78 is 0. The first-order chi connectivity index (χ1) is 8.26. The van der Waals surface area contributed by atoms with Crippen LogP contribution in [-0.2, 0) is 4.79 Å². The molecule has 0 aliphatic heterocycles. The molecule has 0 saturated heterocycles. The van der Waals surface area contributed by atoms with E-state index in [1.807, 2.05) is 35.2 Å². The lowest BCUT2D eigenvalue weighted by Crippen LogP contribution is -2.35. The molecule has 4 heteroatoms. The lowest BCUT2D eigenvalue weighted by Gasteiger charge is -2.18. The average Bonchev–Trinajstić information content (AvgIpc) is 2.30. The van der Waals surface area contributed by atoms with Crippen LogP contribution in [0.15, 0.2) is 43.0 Å². The number of carbonyl (C=O) groups is 1. The third-order valence-corrected chi connectivity index (χ3v) is 2.23. The van der Waals surface area contributed by atoms with E-state index in [2.05, 4.69) is 11.9 Å². The van der Waals surface area contributed by atoms with Crippen molar-refractivity contribution < 1.29 is 9.90 Å². The van der Waals surface area contributed by atoms with Gasteiger partial charge in [-0.2, -0.15) is 0 Å². The molecule has 1 aromatic carbocycles. The van der Waals surface area contributed by atoms with Crippen molar-refractivity contribution in [2.24, 2.45) is 0 Å². The van der Waals surface area contributed by atoms with Crippen LogP contribution in [0.1, 0.15) is 0 Å². The Bertz CT molecular complexity index is 352. The number of para-hydroxylation sites is 1. The zero-order chi connectivity index (χ0) is 12.5. The number of hydrogen-bond acceptors (Lipinski definition) is 3. The number of nitrogens with zero attached hydrogens (tertiary/aromatic N) is 1. The maximum Gasteiger partial charge on any atom is 0.238 e. The molecule has 17 heavy (non-hydrogen) atoms. The quantitative estimate of drug-likeness (QED) is 0.695. The van der Waals surface area contributed by atoms with Crippen molar-refractivity contribution in [1.29, 1.82) is 0 Å². The second kappa shape index (κ2) is 7.60. The van der Waals surface area contributed by atoms with Crippen LogP contribution in [0.25, 0.3) is 0 Å². The van der Waals surface area contributed by atoms with Crippen LogP contribution in [0.2, 0.25) is 0 Å². The molecule has 1 aromatic rings. The molecule has 1 amide bonds. The van der Waals surface area contributed by atoms with E-state index < -0.39 is 0 Å². The number of benzene rings is 1. The molecular formula is C13H18N2O2. The lowest BCUT2D eigenvalue weighted by atomic mass is 10.3. The van der Waals surface area contributed by atoms with Gasteiger partial charge >= 0.3 is 0 Å². The minimum Gasteiger partial charge on any atom is -0.395 e. The Hall–Kier alpha value is -1.65. The predicted octanol–water partition coefficient (Wildman–Crippen LogP) is 1.11. The fraction of sp³-hybridized carbons (Fsp3) is 0.308. The second-order valence-electron chi connectivity index (χ2n) is 3.66. The highest BCUT2D eigenvalue weighted by atomic mass is 16.3. The summed E-state index contributed by atoms with van der Waals surface area (Å²) in [6, 6.07) is 9.30. The van der Waals surface area contributed by atoms with E-state index in [0.29, 0.717) is 13.1 Å². The van der Waals surface area contributed by atoms with E-state index >= 15 is 0 Å². The monoisotopic (exact) mass is 234 g/mol. The van der Waals surface area contributed by atoms with Gasteiger partial charge in [-0.25, -0.2) is 0 Å². The first-order valence-corrected chi connectivity index (χ1v) is 5.55. The Morgan fingerprint density at radius 3 is 2.71 bits per heavy atom. The molecule has 0 aromatic heterocycles. The maximum absolute atomic E-state index is 11.7. The van der Waals surface area contributed by atoms with Crippen LogP contribution in [0, 0.1) is 0 Å². The summed E-state index contributed by atoms with van der Waals surface area (Å²) in [7, 11) is 0. The minimum atomic E-state index is -0.0912. The fourth-order valence-corrected chi connectivity index (χ4v) is 1.48. The molecular weight excluding hydrogens is 216 g/mol. The highest BCUT2D eigenvalue weighted by Crippen LogP contribution is 2.04. The topological polar surface area (TPSA) is 52.6 Å². The van der Waals surface area contributed by atoms with Crippen LogP contribution in [-0.4, -0.2) is 42.2 Å². The molecule has 0 radical (unpaired) electrons. The van der Waals surface area contributed by atoms with Gasteiger partial charge < -0.3 is 10.4 Å². The molecule has 0 aliphatic carbocycles. The van der Waals surface area contributed by atoms with E-state index in [4.69, 9.17) is 5.11 Å². The molecule has 0 aliphatic rings. The third-order valence-electron chi connectivity index (χ3n) is 2.23. The minimum absolute atomic E-state index is 0.0342. The average molecular weight is 234 g/mol. The van der Waals surface area contributed by atoms with Gasteiger partial charge in [0, 0.05) is 18.8 Å². The van der Waals surface area contributed by atoms with Crippen LogP contribution < -0.4 is 5.32 Å². The molecule has 0 spiro atoms. The van der Waals surface area contributed by atoms with Crippen molar-refractivity contribution >= 4 is 11.6 Å². The summed E-state index contributed by atoms with van der Waals surface area (Å²) in [4.78, 5) is 13.5. The fourth-order valence-electron chi connectivity index (χ4n) is 1.48. The smallest absolute Gasteiger partial charge is 0.238 e. The molecule has 0 atom stereocenters. The maximum atomic E-state index is 11.7. The van der Waals surface area contributed by atoms with Crippen molar-refractivity contribution in [3.63, 3.8) is 0 Å². The highest BCUT2D eigenvalue weighted by Gasteiger charge is 2.08. The van der Waals surface area contributed by atoms with Crippen LogP contribution >= 0.6 is 0 Å². The summed E-state index contributed by atoms with van der Waals surface area (Å²) >= 11 is 0. The molecule has 92 valence electrons. The number of aliphatic hydroxyl groups is 1. The largest absolute Gasteiger partial charge is 0.395 e. The van der Waals surface area contributed by atoms with Gasteiger partial charge in [0.2, 0.25) is 5.91 Å². The summed E-state index contributed by atoms with van der Waals surface area (Å²) in [5, 5.41) is 11.7. The molecule has 0 fully saturated rings. The highest BCUT2D eigenvalue weighted by molar-refractivity contribution is 5.92. The number of nitrogens with one attached hydrogen (secondary N) is 1. The van der Waals surface area contributed by atoms with Gasteiger partial charge in [-0.15, -0.1) is 6.58 Å². The van der Waals surface area contributed by atoms with E-state index in [1.54, 1.807) is 6.08 Å². The molecule has 0 saturated carbocycles. The van der Waals surface area contributed by atoms with Crippen molar-refractivity contribution in [3.05, 3.63) is 43.0 Å². The predicted molar refractivity (Wildman–Crippen MR) is 68.8 cm³/mol. The van der Waals surface area contributed by atoms with E-state index in [9.17, 15) is 4.79 Å². The molecule has 0 unspecified atom stereocenters. The van der Waals surface area contributed by atoms with Gasteiger partial charge in [0.05, 0.1) is 13.2 Å². The normalized spacial score (nSPS) is 10.2. The molecule has 0 heterocycles. The van der Waals surface area contributed by atoms with Gasteiger partial charge in [0.15, 0.2) is 0 Å². The van der Waals surface area contributed by atoms with Crippen LogP contribution in [0.5, 0.6) is 0 Å². The van der Waals surface area contributed by atoms with Gasteiger partial charge in [0.25, 0.3) is 0 Å². The Morgan fingerprint density at radius 2 is 2.12 bits per heavy atom. The zero-order valence-electron chi connectivity index (χ0n) is 9.80. The summed E-state index contributed by atoms with van der Waals surface area (Å²) in [6.45, 7) is 4.96. The van der Waals surface area contributed by atoms with Gasteiger partial charge in [0.1, 0.15) is 0 Å². The van der Waals surface area contributed by atoms with Gasteiger partial charge in [-0.05, 0) is 12.1 Å². The van der Waals surface area contributed by atoms with Crippen molar-refractivity contribution in [2.45, 2.75) is 0 Å². The third kappa shape index (κ3) is 5.29. The molecule has 4 nitrogen and oxygen atoms in total. The van der Waals surface area contributed by atoms with E-state index in [0.717, 1.165) is 5.69 Å². The van der Waals surface area contributed by atoms with Crippen molar-refractivity contribution in [3.8, 4) is 0 Å². The summed E-state index contributed by atoms with van der Waals surface area (Å²) in [5.41, 5.74) is 0.778. The van der Waals surface area contributed by atoms with Gasteiger partial charge in [-0.1, -0.05) is 24.3 Å². The Labute approximate surface area is 102 Å². The first kappa shape index (κ1) is 13.4. The van der Waals surface area contributed by atoms with Crippen molar-refractivity contribution in [2.75, 3.05) is 31.6 Å². The van der Waals surface area contributed by atoms with Crippen molar-refractivity contribution in [1.82, 2.24) is 4.90 Å². The standard InChI is InChI=1S/C13H18N2O2/c1-2-8-15(9-10-16)11-13(17)14-12-6-4-3-5-7-12/h2-7,16H,1,8-11H2,(H,14,17). The van der Waals surface area contributed by atoms with Gasteiger partial charge in [-0.3, -0.25) is 9.69 Å². The Morgan fingerprint density at radius 1 is 1.41 bits per heavy atom. The summed E-state index contributed by atoms with van der Waals surface area (Å²) in [5.74, 6) is -0.0912. The SMILES string of the molecule is C=CCN(CCO)CC(=O)Nc1ccccc1. The second-order valence-corrected chi connectivity index (χ2v) is 3.66. The number of anilines is 1. The van der Waals surface area contributed by atoms with E-state index in [-0.39, 0.29) is 19.1 Å². The first-order valence-electron chi connectivity index (χ1n) is 5.55. The number of amides is 1. The van der Waals surface area contributed by atoms with Crippen LogP contribution in [0.3, 0.4) is 0 Å². The summed E-state index contributed by atoms with van der Waals surface area (Å²) in [6.07, 6.45) is 1.71. The van der Waals surface area contributed by atoms with Crippen LogP contribution in [0.4, 0.5) is 5.69 Å². The Balaban J connectivity index is 2.44. The number of hydrogen-bond donors (Lipinski definition) is 2. The molecule has 2 N–H and O–H groups in total. The lowest BCUT2D eigenvalue weighted by molar-refractivity contribution is -0.117. The number of carbonyl (C=O) groups excluding carboxylic acids is 1.